The Bertz CT molecular complexity index is 1400. The molecule has 1 aromatic heterocycles. The second kappa shape index (κ2) is 11.0. The molecule has 0 bridgehead atoms. The van der Waals surface area contributed by atoms with Crippen LogP contribution in [0, 0.1) is 0 Å². The number of amides is 1. The fourth-order valence-electron chi connectivity index (χ4n) is 3.82. The van der Waals surface area contributed by atoms with Gasteiger partial charge in [-0.3, -0.25) is 9.59 Å². The van der Waals surface area contributed by atoms with Gasteiger partial charge in [0.2, 0.25) is 0 Å². The van der Waals surface area contributed by atoms with E-state index >= 15 is 0 Å². The van der Waals surface area contributed by atoms with Crippen molar-refractivity contribution in [3.63, 3.8) is 0 Å². The number of esters is 1. The second-order valence-electron chi connectivity index (χ2n) is 8.55. The van der Waals surface area contributed by atoms with Gasteiger partial charge >= 0.3 is 5.97 Å². The van der Waals surface area contributed by atoms with Gasteiger partial charge in [-0.05, 0) is 40.6 Å². The van der Waals surface area contributed by atoms with Gasteiger partial charge in [0.05, 0.1) is 6.61 Å². The molecule has 184 valence electrons. The van der Waals surface area contributed by atoms with Crippen molar-refractivity contribution < 1.29 is 19.1 Å². The van der Waals surface area contributed by atoms with Crippen molar-refractivity contribution in [1.82, 2.24) is 9.97 Å². The first kappa shape index (κ1) is 24.8. The van der Waals surface area contributed by atoms with Crippen LogP contribution in [-0.4, -0.2) is 43.0 Å². The molecule has 0 aliphatic rings. The van der Waals surface area contributed by atoms with Crippen molar-refractivity contribution in [3.05, 3.63) is 89.4 Å². The van der Waals surface area contributed by atoms with Crippen LogP contribution in [0.15, 0.2) is 66.7 Å². The van der Waals surface area contributed by atoms with Crippen LogP contribution in [0.25, 0.3) is 10.8 Å². The van der Waals surface area contributed by atoms with Crippen molar-refractivity contribution in [2.75, 3.05) is 31.4 Å². The highest BCUT2D eigenvalue weighted by Crippen LogP contribution is 2.30. The number of ether oxygens (including phenoxy) is 2. The average Bonchev–Trinajstić information content (AvgIpc) is 2.86. The molecule has 0 fully saturated rings. The van der Waals surface area contributed by atoms with Gasteiger partial charge in [0.15, 0.2) is 11.6 Å². The summed E-state index contributed by atoms with van der Waals surface area (Å²) in [6, 6.07) is 21.1. The summed E-state index contributed by atoms with van der Waals surface area (Å²) in [6.45, 7) is 1.52. The maximum atomic E-state index is 12.8. The first-order valence-electron chi connectivity index (χ1n) is 11.5. The molecule has 8 nitrogen and oxygen atoms in total. The van der Waals surface area contributed by atoms with Crippen molar-refractivity contribution >= 4 is 34.2 Å². The zero-order valence-electron chi connectivity index (χ0n) is 20.7. The number of carbonyl (C=O) groups excluding carboxylic acids is 2. The minimum atomic E-state index is -0.451. The summed E-state index contributed by atoms with van der Waals surface area (Å²) < 4.78 is 10.6. The minimum absolute atomic E-state index is 0.169. The van der Waals surface area contributed by atoms with Crippen LogP contribution in [0.2, 0.25) is 0 Å². The Labute approximate surface area is 209 Å². The Kier molecular flexibility index (Phi) is 7.56. The average molecular weight is 485 g/mol. The number of benzene rings is 3. The monoisotopic (exact) mass is 484 g/mol. The van der Waals surface area contributed by atoms with Crippen LogP contribution in [0.1, 0.15) is 34.4 Å². The predicted octanol–water partition coefficient (Wildman–Crippen LogP) is 4.61. The molecular weight excluding hydrogens is 456 g/mol. The van der Waals surface area contributed by atoms with Gasteiger partial charge in [-0.2, -0.15) is 0 Å². The molecule has 0 unspecified atom stereocenters. The number of fused-ring (bicyclic) bond motifs is 1. The Morgan fingerprint density at radius 2 is 1.67 bits per heavy atom. The SMILES string of the molecule is COCc1nc(Cc2ccc(NC(=O)c3ccc4ccccc4c3)cc2)nc(N(C)C)c1OC(C)=O. The second-order valence-corrected chi connectivity index (χ2v) is 8.55. The van der Waals surface area contributed by atoms with Crippen molar-refractivity contribution in [2.24, 2.45) is 0 Å². The highest BCUT2D eigenvalue weighted by molar-refractivity contribution is 6.06. The lowest BCUT2D eigenvalue weighted by Gasteiger charge is -2.19. The first-order valence-corrected chi connectivity index (χ1v) is 11.5. The van der Waals surface area contributed by atoms with E-state index < -0.39 is 5.97 Å². The standard InChI is InChI=1S/C28H28N4O4/c1-18(33)36-26-24(17-35-4)30-25(31-27(26)32(2)3)15-19-9-13-23(14-10-19)29-28(34)22-12-11-20-7-5-6-8-21(20)16-22/h5-14,16H,15,17H2,1-4H3,(H,29,34). The van der Waals surface area contributed by atoms with Crippen LogP contribution in [0.4, 0.5) is 11.5 Å². The van der Waals surface area contributed by atoms with E-state index in [1.165, 1.54) is 6.92 Å². The lowest BCUT2D eigenvalue weighted by Crippen LogP contribution is -2.18. The van der Waals surface area contributed by atoms with Gasteiger partial charge in [0.1, 0.15) is 11.5 Å². The summed E-state index contributed by atoms with van der Waals surface area (Å²) >= 11 is 0. The van der Waals surface area contributed by atoms with Gasteiger partial charge < -0.3 is 19.7 Å². The summed E-state index contributed by atoms with van der Waals surface area (Å²) in [7, 11) is 5.20. The number of hydrogen-bond acceptors (Lipinski definition) is 7. The van der Waals surface area contributed by atoms with E-state index in [4.69, 9.17) is 9.47 Å². The molecule has 1 amide bonds. The summed E-state index contributed by atoms with van der Waals surface area (Å²) in [4.78, 5) is 35.3. The third-order valence-electron chi connectivity index (χ3n) is 5.50. The number of rotatable bonds is 8. The highest BCUT2D eigenvalue weighted by atomic mass is 16.5. The maximum absolute atomic E-state index is 12.8. The topological polar surface area (TPSA) is 93.7 Å². The molecule has 1 N–H and O–H groups in total. The number of hydrogen-bond donors (Lipinski definition) is 1. The summed E-state index contributed by atoms with van der Waals surface area (Å²) in [6.07, 6.45) is 0.455. The lowest BCUT2D eigenvalue weighted by molar-refractivity contribution is -0.132. The van der Waals surface area contributed by atoms with E-state index in [0.29, 0.717) is 40.8 Å². The molecule has 4 rings (SSSR count). The molecule has 0 radical (unpaired) electrons. The summed E-state index contributed by atoms with van der Waals surface area (Å²) in [5.41, 5.74) is 2.76. The molecule has 0 spiro atoms. The number of aromatic nitrogens is 2. The summed E-state index contributed by atoms with van der Waals surface area (Å²) in [5.74, 6) is 0.742. The van der Waals surface area contributed by atoms with Crippen molar-refractivity contribution in [3.8, 4) is 5.75 Å². The third-order valence-corrected chi connectivity index (χ3v) is 5.50. The zero-order chi connectivity index (χ0) is 25.7. The number of carbonyl (C=O) groups is 2. The molecule has 1 heterocycles. The van der Waals surface area contributed by atoms with Gasteiger partial charge in [0, 0.05) is 45.8 Å². The molecule has 0 saturated carbocycles. The molecule has 0 aliphatic carbocycles. The van der Waals surface area contributed by atoms with E-state index in [1.807, 2.05) is 80.8 Å². The molecule has 8 heteroatoms. The van der Waals surface area contributed by atoms with Gasteiger partial charge in [-0.1, -0.05) is 42.5 Å². The van der Waals surface area contributed by atoms with Crippen molar-refractivity contribution in [2.45, 2.75) is 20.0 Å². The van der Waals surface area contributed by atoms with Gasteiger partial charge in [-0.25, -0.2) is 9.97 Å². The number of methoxy groups -OCH3 is 1. The minimum Gasteiger partial charge on any atom is -0.421 e. The van der Waals surface area contributed by atoms with Crippen LogP contribution in [0.5, 0.6) is 5.75 Å². The Balaban J connectivity index is 1.51. The van der Waals surface area contributed by atoms with Crippen LogP contribution >= 0.6 is 0 Å². The highest BCUT2D eigenvalue weighted by Gasteiger charge is 2.19. The summed E-state index contributed by atoms with van der Waals surface area (Å²) in [5, 5.41) is 5.06. The zero-order valence-corrected chi connectivity index (χ0v) is 20.7. The fourth-order valence-corrected chi connectivity index (χ4v) is 3.82. The van der Waals surface area contributed by atoms with Crippen molar-refractivity contribution in [1.29, 1.82) is 0 Å². The smallest absolute Gasteiger partial charge is 0.308 e. The molecule has 0 aliphatic heterocycles. The van der Waals surface area contributed by atoms with E-state index in [-0.39, 0.29) is 12.5 Å². The molecule has 0 atom stereocenters. The lowest BCUT2D eigenvalue weighted by atomic mass is 10.1. The maximum Gasteiger partial charge on any atom is 0.308 e. The molecular formula is C28H28N4O4. The number of anilines is 2. The molecule has 0 saturated heterocycles. The van der Waals surface area contributed by atoms with E-state index in [9.17, 15) is 9.59 Å². The van der Waals surface area contributed by atoms with E-state index in [1.54, 1.807) is 12.0 Å². The molecule has 3 aromatic carbocycles. The Hall–Kier alpha value is -4.30. The first-order chi connectivity index (χ1) is 17.3. The normalized spacial score (nSPS) is 10.8. The van der Waals surface area contributed by atoms with Crippen LogP contribution in [0.3, 0.4) is 0 Å². The number of nitrogens with zero attached hydrogens (tertiary/aromatic N) is 3. The number of nitrogens with one attached hydrogen (secondary N) is 1. The van der Waals surface area contributed by atoms with E-state index in [2.05, 4.69) is 15.3 Å². The Morgan fingerprint density at radius 3 is 2.33 bits per heavy atom. The fraction of sp³-hybridized carbons (Fsp3) is 0.214. The van der Waals surface area contributed by atoms with Gasteiger partial charge in [0.25, 0.3) is 5.91 Å². The van der Waals surface area contributed by atoms with Crippen LogP contribution < -0.4 is 15.0 Å². The quantitative estimate of drug-likeness (QED) is 0.365. The molecule has 36 heavy (non-hydrogen) atoms. The molecule has 4 aromatic rings. The van der Waals surface area contributed by atoms with Gasteiger partial charge in [-0.15, -0.1) is 0 Å². The van der Waals surface area contributed by atoms with E-state index in [0.717, 1.165) is 16.3 Å². The van der Waals surface area contributed by atoms with Crippen LogP contribution in [-0.2, 0) is 22.6 Å². The predicted molar refractivity (Wildman–Crippen MR) is 140 cm³/mol. The largest absolute Gasteiger partial charge is 0.421 e. The Morgan fingerprint density at radius 1 is 0.944 bits per heavy atom. The third kappa shape index (κ3) is 5.84.